The first-order chi connectivity index (χ1) is 15.2. The van der Waals surface area contributed by atoms with Crippen molar-refractivity contribution < 1.29 is 14.0 Å². The molecule has 2 N–H and O–H groups in total. The largest absolute Gasteiger partial charge is 0.345 e. The number of nitrogens with zero attached hydrogens (tertiary/aromatic N) is 2. The Morgan fingerprint density at radius 2 is 1.91 bits per heavy atom. The minimum atomic E-state index is -1.10. The highest BCUT2D eigenvalue weighted by atomic mass is 32.2. The minimum absolute atomic E-state index is 0.181. The first kappa shape index (κ1) is 23.3. The van der Waals surface area contributed by atoms with E-state index in [0.29, 0.717) is 11.3 Å². The molecule has 0 aliphatic carbocycles. The molecule has 0 fully saturated rings. The highest BCUT2D eigenvalue weighted by molar-refractivity contribution is 7.98. The number of para-hydroxylation sites is 1. The van der Waals surface area contributed by atoms with Crippen LogP contribution in [0.2, 0.25) is 0 Å². The molecule has 0 aliphatic heterocycles. The Morgan fingerprint density at radius 1 is 1.19 bits per heavy atom. The second-order valence-corrected chi connectivity index (χ2v) is 8.32. The van der Waals surface area contributed by atoms with Crippen molar-refractivity contribution >= 4 is 40.2 Å². The molecular formula is C22H23FN4O4S. The number of halogens is 1. The summed E-state index contributed by atoms with van der Waals surface area (Å²) >= 11 is 1.47. The third kappa shape index (κ3) is 4.75. The number of aromatic nitrogens is 2. The number of carbonyl (C=O) groups is 2. The van der Waals surface area contributed by atoms with Crippen molar-refractivity contribution in [3.63, 3.8) is 0 Å². The summed E-state index contributed by atoms with van der Waals surface area (Å²) in [5.74, 6) is -1.37. The lowest BCUT2D eigenvalue weighted by Gasteiger charge is -2.19. The van der Waals surface area contributed by atoms with Crippen molar-refractivity contribution in [1.82, 2.24) is 14.5 Å². The summed E-state index contributed by atoms with van der Waals surface area (Å²) in [6.45, 7) is 0. The van der Waals surface area contributed by atoms with Crippen LogP contribution in [0.1, 0.15) is 22.8 Å². The molecule has 0 bridgehead atoms. The van der Waals surface area contributed by atoms with E-state index in [1.54, 1.807) is 24.3 Å². The molecule has 0 unspecified atom stereocenters. The Hall–Kier alpha value is -3.40. The molecule has 0 radical (unpaired) electrons. The Balaban J connectivity index is 2.01. The number of rotatable bonds is 7. The van der Waals surface area contributed by atoms with Gasteiger partial charge < -0.3 is 15.2 Å². The van der Waals surface area contributed by atoms with Crippen LogP contribution in [0.5, 0.6) is 0 Å². The number of H-pyrrole nitrogens is 1. The molecule has 2 aromatic carbocycles. The lowest BCUT2D eigenvalue weighted by molar-refractivity contribution is -0.119. The van der Waals surface area contributed by atoms with E-state index in [1.165, 1.54) is 42.9 Å². The number of carbonyl (C=O) groups excluding carboxylic acids is 2. The summed E-state index contributed by atoms with van der Waals surface area (Å²) in [4.78, 5) is 54.9. The zero-order valence-corrected chi connectivity index (χ0v) is 18.7. The molecule has 3 aromatic rings. The molecule has 1 aromatic heterocycles. The Kier molecular flexibility index (Phi) is 7.14. The topological polar surface area (TPSA) is 104 Å². The number of fused-ring (bicyclic) bond motifs is 1. The zero-order valence-electron chi connectivity index (χ0n) is 17.8. The fourth-order valence-electron chi connectivity index (χ4n) is 3.30. The van der Waals surface area contributed by atoms with Crippen LogP contribution >= 0.6 is 11.8 Å². The zero-order chi connectivity index (χ0) is 23.4. The van der Waals surface area contributed by atoms with Gasteiger partial charge in [0, 0.05) is 19.8 Å². The molecule has 3 rings (SSSR count). The molecule has 2 amide bonds. The maximum Gasteiger partial charge on any atom is 0.329 e. The van der Waals surface area contributed by atoms with E-state index in [0.717, 1.165) is 10.6 Å². The highest BCUT2D eigenvalue weighted by Gasteiger charge is 2.25. The van der Waals surface area contributed by atoms with Crippen LogP contribution in [0.25, 0.3) is 10.9 Å². The summed E-state index contributed by atoms with van der Waals surface area (Å²) in [6, 6.07) is 9.09. The van der Waals surface area contributed by atoms with E-state index in [2.05, 4.69) is 10.3 Å². The van der Waals surface area contributed by atoms with E-state index < -0.39 is 34.9 Å². The maximum absolute atomic E-state index is 14.1. The Morgan fingerprint density at radius 3 is 2.59 bits per heavy atom. The number of aromatic amines is 1. The van der Waals surface area contributed by atoms with Crippen molar-refractivity contribution in [3.8, 4) is 0 Å². The van der Waals surface area contributed by atoms with Crippen LogP contribution in [-0.4, -0.2) is 52.4 Å². The average Bonchev–Trinajstić information content (AvgIpc) is 2.76. The Labute approximate surface area is 187 Å². The van der Waals surface area contributed by atoms with Gasteiger partial charge in [0.25, 0.3) is 11.5 Å². The summed E-state index contributed by atoms with van der Waals surface area (Å²) in [5, 5.41) is 2.90. The van der Waals surface area contributed by atoms with Crippen LogP contribution in [0.4, 0.5) is 10.1 Å². The van der Waals surface area contributed by atoms with Gasteiger partial charge in [-0.3, -0.25) is 14.4 Å². The highest BCUT2D eigenvalue weighted by Crippen LogP contribution is 2.19. The first-order valence-electron chi connectivity index (χ1n) is 9.79. The van der Waals surface area contributed by atoms with Gasteiger partial charge >= 0.3 is 5.69 Å². The summed E-state index contributed by atoms with van der Waals surface area (Å²) in [5.41, 5.74) is -0.908. The fraction of sp³-hybridized carbons (Fsp3) is 0.273. The number of nitrogens with one attached hydrogen (secondary N) is 2. The first-order valence-corrected chi connectivity index (χ1v) is 11.2. The van der Waals surface area contributed by atoms with Gasteiger partial charge in [-0.25, -0.2) is 13.8 Å². The number of benzene rings is 2. The lowest BCUT2D eigenvalue weighted by atomic mass is 10.1. The van der Waals surface area contributed by atoms with Crippen LogP contribution in [0.15, 0.2) is 52.1 Å². The normalized spacial score (nSPS) is 11.9. The molecular weight excluding hydrogens is 435 g/mol. The SMILES string of the molecule is CSCC[C@@H](C(=O)Nc1ccc(F)c(C(=O)N(C)C)c1)n1c(=O)[nH]c2ccccc2c1=O. The van der Waals surface area contributed by atoms with Gasteiger partial charge in [-0.15, -0.1) is 0 Å². The number of anilines is 1. The van der Waals surface area contributed by atoms with Gasteiger partial charge in [-0.05, 0) is 48.8 Å². The molecule has 0 saturated heterocycles. The van der Waals surface area contributed by atoms with E-state index in [1.807, 2.05) is 6.26 Å². The van der Waals surface area contributed by atoms with Gasteiger partial charge in [0.2, 0.25) is 5.91 Å². The van der Waals surface area contributed by atoms with E-state index in [9.17, 15) is 23.6 Å². The van der Waals surface area contributed by atoms with Crippen LogP contribution in [-0.2, 0) is 4.79 Å². The molecule has 8 nitrogen and oxygen atoms in total. The van der Waals surface area contributed by atoms with Crippen molar-refractivity contribution in [2.75, 3.05) is 31.4 Å². The monoisotopic (exact) mass is 458 g/mol. The van der Waals surface area contributed by atoms with Gasteiger partial charge in [0.15, 0.2) is 0 Å². The lowest BCUT2D eigenvalue weighted by Crippen LogP contribution is -2.43. The molecule has 0 saturated carbocycles. The summed E-state index contributed by atoms with van der Waals surface area (Å²) in [6.07, 6.45) is 2.07. The second kappa shape index (κ2) is 9.82. The second-order valence-electron chi connectivity index (χ2n) is 7.33. The maximum atomic E-state index is 14.1. The van der Waals surface area contributed by atoms with E-state index in [-0.39, 0.29) is 23.1 Å². The van der Waals surface area contributed by atoms with Crippen molar-refractivity contribution in [2.24, 2.45) is 0 Å². The smallest absolute Gasteiger partial charge is 0.329 e. The predicted molar refractivity (Wildman–Crippen MR) is 124 cm³/mol. The average molecular weight is 459 g/mol. The number of hydrogen-bond acceptors (Lipinski definition) is 5. The molecule has 32 heavy (non-hydrogen) atoms. The Bertz CT molecular complexity index is 1280. The van der Waals surface area contributed by atoms with Crippen molar-refractivity contribution in [3.05, 3.63) is 74.7 Å². The van der Waals surface area contributed by atoms with Crippen LogP contribution in [0.3, 0.4) is 0 Å². The fourth-order valence-corrected chi connectivity index (χ4v) is 3.76. The molecule has 0 spiro atoms. The van der Waals surface area contributed by atoms with Crippen molar-refractivity contribution in [1.29, 1.82) is 0 Å². The van der Waals surface area contributed by atoms with Crippen LogP contribution in [0, 0.1) is 5.82 Å². The third-order valence-electron chi connectivity index (χ3n) is 4.92. The quantitative estimate of drug-likeness (QED) is 0.566. The third-order valence-corrected chi connectivity index (χ3v) is 5.56. The summed E-state index contributed by atoms with van der Waals surface area (Å²) < 4.78 is 15.0. The predicted octanol–water partition coefficient (Wildman–Crippen LogP) is 2.46. The molecule has 168 valence electrons. The number of amides is 2. The van der Waals surface area contributed by atoms with Gasteiger partial charge in [-0.1, -0.05) is 12.1 Å². The number of hydrogen-bond donors (Lipinski definition) is 2. The van der Waals surface area contributed by atoms with Crippen LogP contribution < -0.4 is 16.6 Å². The number of thioether (sulfide) groups is 1. The minimum Gasteiger partial charge on any atom is -0.345 e. The molecule has 1 heterocycles. The van der Waals surface area contributed by atoms with Gasteiger partial charge in [-0.2, -0.15) is 11.8 Å². The molecule has 10 heteroatoms. The van der Waals surface area contributed by atoms with Gasteiger partial charge in [0.1, 0.15) is 11.9 Å². The van der Waals surface area contributed by atoms with E-state index in [4.69, 9.17) is 0 Å². The summed E-state index contributed by atoms with van der Waals surface area (Å²) in [7, 11) is 2.98. The standard InChI is InChI=1S/C22H23FN4O4S/c1-26(2)20(29)15-12-13(8-9-16(15)23)24-19(28)18(10-11-32-3)27-21(30)14-6-4-5-7-17(14)25-22(27)31/h4-9,12,18H,10-11H2,1-3H3,(H,24,28)(H,25,31)/t18-/m0/s1. The molecule has 0 aliphatic rings. The van der Waals surface area contributed by atoms with Crippen molar-refractivity contribution in [2.45, 2.75) is 12.5 Å². The molecule has 1 atom stereocenters. The van der Waals surface area contributed by atoms with E-state index >= 15 is 0 Å². The van der Waals surface area contributed by atoms with Gasteiger partial charge in [0.05, 0.1) is 16.5 Å².